The minimum atomic E-state index is -0.853. The lowest BCUT2D eigenvalue weighted by Crippen LogP contribution is -2.48. The van der Waals surface area contributed by atoms with Crippen LogP contribution in [0.1, 0.15) is 42.6 Å². The number of aliphatic carboxylic acids is 1. The first-order chi connectivity index (χ1) is 12.4. The van der Waals surface area contributed by atoms with Crippen LogP contribution in [-0.4, -0.2) is 63.9 Å². The average Bonchev–Trinajstić information content (AvgIpc) is 2.64. The number of hydrogen-bond acceptors (Lipinski definition) is 5. The molecular formula is C18H25N3O5. The molecule has 0 radical (unpaired) electrons. The number of likely N-dealkylation sites (tertiary alicyclic amines) is 1. The van der Waals surface area contributed by atoms with Gasteiger partial charge in [-0.1, -0.05) is 19.9 Å². The van der Waals surface area contributed by atoms with Gasteiger partial charge in [0, 0.05) is 36.3 Å². The van der Waals surface area contributed by atoms with E-state index in [1.807, 2.05) is 18.7 Å². The number of hydrogen-bond donors (Lipinski definition) is 1. The number of carbonyl (C=O) groups excluding carboxylic acids is 1. The van der Waals surface area contributed by atoms with E-state index in [1.165, 1.54) is 6.07 Å². The van der Waals surface area contributed by atoms with Crippen molar-refractivity contribution in [2.75, 3.05) is 26.2 Å². The largest absolute Gasteiger partial charge is 0.480 e. The van der Waals surface area contributed by atoms with Crippen molar-refractivity contribution < 1.29 is 19.6 Å². The zero-order valence-electron chi connectivity index (χ0n) is 15.2. The van der Waals surface area contributed by atoms with Gasteiger partial charge in [0.15, 0.2) is 0 Å². The molecule has 0 atom stereocenters. The zero-order chi connectivity index (χ0) is 19.3. The summed E-state index contributed by atoms with van der Waals surface area (Å²) >= 11 is 0. The van der Waals surface area contributed by atoms with Gasteiger partial charge in [0.2, 0.25) is 0 Å². The highest BCUT2D eigenvalue weighted by Gasteiger charge is 2.28. The van der Waals surface area contributed by atoms with Crippen LogP contribution in [0.25, 0.3) is 0 Å². The maximum atomic E-state index is 12.7. The number of amides is 1. The molecule has 1 aromatic carbocycles. The fourth-order valence-corrected chi connectivity index (χ4v) is 3.46. The summed E-state index contributed by atoms with van der Waals surface area (Å²) in [5.41, 5.74) is 0.912. The maximum absolute atomic E-state index is 12.7. The van der Waals surface area contributed by atoms with Crippen LogP contribution >= 0.6 is 0 Å². The number of carboxylic acids is 1. The molecule has 1 aliphatic rings. The maximum Gasteiger partial charge on any atom is 0.317 e. The number of piperidine rings is 1. The lowest BCUT2D eigenvalue weighted by Gasteiger charge is -2.37. The summed E-state index contributed by atoms with van der Waals surface area (Å²) in [5.74, 6) is -1.07. The Labute approximate surface area is 152 Å². The second-order valence-electron chi connectivity index (χ2n) is 6.43. The summed E-state index contributed by atoms with van der Waals surface area (Å²) in [6.45, 7) is 5.45. The number of carbonyl (C=O) groups is 2. The molecule has 0 aromatic heterocycles. The van der Waals surface area contributed by atoms with Crippen molar-refractivity contribution in [2.45, 2.75) is 39.2 Å². The molecule has 142 valence electrons. The Morgan fingerprint density at radius 2 is 1.96 bits per heavy atom. The summed E-state index contributed by atoms with van der Waals surface area (Å²) in [6, 6.07) is 4.78. The summed E-state index contributed by atoms with van der Waals surface area (Å²) in [7, 11) is 0. The second kappa shape index (κ2) is 8.75. The molecule has 0 unspecified atom stereocenters. The number of nitrogens with zero attached hydrogens (tertiary/aromatic N) is 3. The standard InChI is InChI=1S/C18H25N3O5/c1-3-13-5-6-14(11-16(13)21(25)26)18(24)20-9-7-15(8-10-20)19(4-2)12-17(22)23/h5-6,11,15H,3-4,7-10,12H2,1-2H3,(H,22,23). The number of rotatable bonds is 7. The van der Waals surface area contributed by atoms with Gasteiger partial charge < -0.3 is 10.0 Å². The molecule has 0 aliphatic carbocycles. The number of carboxylic acid groups (broad SMARTS) is 1. The van der Waals surface area contributed by atoms with E-state index >= 15 is 0 Å². The second-order valence-corrected chi connectivity index (χ2v) is 6.43. The van der Waals surface area contributed by atoms with E-state index in [0.29, 0.717) is 50.0 Å². The van der Waals surface area contributed by atoms with E-state index in [-0.39, 0.29) is 24.2 Å². The molecule has 1 amide bonds. The van der Waals surface area contributed by atoms with Gasteiger partial charge in [-0.05, 0) is 31.9 Å². The normalized spacial score (nSPS) is 15.3. The third-order valence-corrected chi connectivity index (χ3v) is 4.92. The highest BCUT2D eigenvalue weighted by Crippen LogP contribution is 2.23. The van der Waals surface area contributed by atoms with Gasteiger partial charge in [0.05, 0.1) is 11.5 Å². The Kier molecular flexibility index (Phi) is 6.68. The van der Waals surface area contributed by atoms with Crippen molar-refractivity contribution in [3.8, 4) is 0 Å². The highest BCUT2D eigenvalue weighted by atomic mass is 16.6. The molecule has 1 saturated heterocycles. The van der Waals surface area contributed by atoms with Crippen LogP contribution in [0.4, 0.5) is 5.69 Å². The van der Waals surface area contributed by atoms with Crippen LogP contribution in [0, 0.1) is 10.1 Å². The molecule has 1 heterocycles. The Bertz CT molecular complexity index is 683. The lowest BCUT2D eigenvalue weighted by atomic mass is 10.0. The molecule has 8 nitrogen and oxygen atoms in total. The minimum Gasteiger partial charge on any atom is -0.480 e. The zero-order valence-corrected chi connectivity index (χ0v) is 15.2. The summed E-state index contributed by atoms with van der Waals surface area (Å²) in [6.07, 6.45) is 1.93. The Hall–Kier alpha value is -2.48. The first-order valence-electron chi connectivity index (χ1n) is 8.89. The summed E-state index contributed by atoms with van der Waals surface area (Å²) in [4.78, 5) is 38.0. The molecule has 8 heteroatoms. The predicted octanol–water partition coefficient (Wildman–Crippen LogP) is 2.17. The molecule has 0 spiro atoms. The van der Waals surface area contributed by atoms with Crippen molar-refractivity contribution in [3.05, 3.63) is 39.4 Å². The molecule has 1 N–H and O–H groups in total. The van der Waals surface area contributed by atoms with Crippen LogP contribution in [0.2, 0.25) is 0 Å². The van der Waals surface area contributed by atoms with Crippen molar-refractivity contribution >= 4 is 17.6 Å². The average molecular weight is 363 g/mol. The Morgan fingerprint density at radius 3 is 2.46 bits per heavy atom. The number of nitro benzene ring substituents is 1. The van der Waals surface area contributed by atoms with Gasteiger partial charge in [0.1, 0.15) is 0 Å². The molecule has 1 fully saturated rings. The molecular weight excluding hydrogens is 338 g/mol. The van der Waals surface area contributed by atoms with E-state index in [1.54, 1.807) is 17.0 Å². The van der Waals surface area contributed by atoms with Crippen LogP contribution in [-0.2, 0) is 11.2 Å². The van der Waals surface area contributed by atoms with Crippen molar-refractivity contribution in [2.24, 2.45) is 0 Å². The molecule has 1 aromatic rings. The molecule has 26 heavy (non-hydrogen) atoms. The molecule has 1 aliphatic heterocycles. The SMILES string of the molecule is CCc1ccc(C(=O)N2CCC(N(CC)CC(=O)O)CC2)cc1[N+](=O)[O-]. The van der Waals surface area contributed by atoms with E-state index in [2.05, 4.69) is 0 Å². The van der Waals surface area contributed by atoms with Crippen LogP contribution in [0.15, 0.2) is 18.2 Å². The van der Waals surface area contributed by atoms with Crippen molar-refractivity contribution in [3.63, 3.8) is 0 Å². The van der Waals surface area contributed by atoms with E-state index in [9.17, 15) is 19.7 Å². The van der Waals surface area contributed by atoms with E-state index in [4.69, 9.17) is 5.11 Å². The number of nitro groups is 1. The van der Waals surface area contributed by atoms with Gasteiger partial charge in [0.25, 0.3) is 11.6 Å². The van der Waals surface area contributed by atoms with Gasteiger partial charge in [-0.3, -0.25) is 24.6 Å². The van der Waals surface area contributed by atoms with Crippen LogP contribution in [0.5, 0.6) is 0 Å². The molecule has 0 bridgehead atoms. The Balaban J connectivity index is 2.05. The first-order valence-corrected chi connectivity index (χ1v) is 8.89. The topological polar surface area (TPSA) is 104 Å². The minimum absolute atomic E-state index is 0.000211. The lowest BCUT2D eigenvalue weighted by molar-refractivity contribution is -0.385. The van der Waals surface area contributed by atoms with E-state index < -0.39 is 10.9 Å². The third kappa shape index (κ3) is 4.57. The van der Waals surface area contributed by atoms with Crippen molar-refractivity contribution in [1.82, 2.24) is 9.80 Å². The summed E-state index contributed by atoms with van der Waals surface area (Å²) in [5, 5.41) is 20.2. The van der Waals surface area contributed by atoms with Gasteiger partial charge in [-0.2, -0.15) is 0 Å². The molecule has 2 rings (SSSR count). The Morgan fingerprint density at radius 1 is 1.31 bits per heavy atom. The highest BCUT2D eigenvalue weighted by molar-refractivity contribution is 5.95. The van der Waals surface area contributed by atoms with E-state index in [0.717, 1.165) is 0 Å². The fourth-order valence-electron chi connectivity index (χ4n) is 3.46. The third-order valence-electron chi connectivity index (χ3n) is 4.92. The molecule has 0 saturated carbocycles. The van der Waals surface area contributed by atoms with Crippen LogP contribution in [0.3, 0.4) is 0 Å². The fraction of sp³-hybridized carbons (Fsp3) is 0.556. The van der Waals surface area contributed by atoms with Gasteiger partial charge in [-0.25, -0.2) is 0 Å². The quantitative estimate of drug-likeness (QED) is 0.588. The van der Waals surface area contributed by atoms with Gasteiger partial charge in [-0.15, -0.1) is 0 Å². The predicted molar refractivity (Wildman–Crippen MR) is 96.3 cm³/mol. The monoisotopic (exact) mass is 363 g/mol. The van der Waals surface area contributed by atoms with Crippen molar-refractivity contribution in [1.29, 1.82) is 0 Å². The number of aryl methyl sites for hydroxylation is 1. The number of likely N-dealkylation sites (N-methyl/N-ethyl adjacent to an activating group) is 1. The smallest absolute Gasteiger partial charge is 0.317 e. The summed E-state index contributed by atoms with van der Waals surface area (Å²) < 4.78 is 0. The number of benzene rings is 1. The van der Waals surface area contributed by atoms with Crippen LogP contribution < -0.4 is 0 Å². The first kappa shape index (κ1) is 19.8. The van der Waals surface area contributed by atoms with Gasteiger partial charge >= 0.3 is 5.97 Å².